The van der Waals surface area contributed by atoms with Gasteiger partial charge in [-0.15, -0.1) is 12.3 Å². The fraction of sp³-hybridized carbons (Fsp3) is 0.636. The number of piperazine rings is 1. The number of hydrogen-bond acceptors (Lipinski definition) is 2. The molecule has 1 heterocycles. The van der Waals surface area contributed by atoms with Crippen molar-refractivity contribution < 1.29 is 9.59 Å². The van der Waals surface area contributed by atoms with Crippen LogP contribution in [0.3, 0.4) is 0 Å². The molecule has 82 valence electrons. The van der Waals surface area contributed by atoms with Gasteiger partial charge >= 0.3 is 11.8 Å². The summed E-state index contributed by atoms with van der Waals surface area (Å²) in [6.07, 6.45) is 5.62. The first kappa shape index (κ1) is 11.6. The summed E-state index contributed by atoms with van der Waals surface area (Å²) in [6.45, 7) is 5.48. The van der Waals surface area contributed by atoms with Crippen molar-refractivity contribution >= 4 is 11.8 Å². The van der Waals surface area contributed by atoms with Crippen molar-refractivity contribution in [2.75, 3.05) is 19.6 Å². The number of rotatable bonds is 3. The largest absolute Gasteiger partial charge is 0.332 e. The molecule has 4 nitrogen and oxygen atoms in total. The minimum absolute atomic E-state index is 0.0798. The van der Waals surface area contributed by atoms with Crippen LogP contribution in [0.15, 0.2) is 0 Å². The fourth-order valence-electron chi connectivity index (χ4n) is 1.60. The predicted octanol–water partition coefficient (Wildman–Crippen LogP) is 0.0889. The molecule has 0 radical (unpaired) electrons. The van der Waals surface area contributed by atoms with Crippen LogP contribution in [0.2, 0.25) is 0 Å². The second-order valence-electron chi connectivity index (χ2n) is 3.84. The quantitative estimate of drug-likeness (QED) is 0.487. The second-order valence-corrected chi connectivity index (χ2v) is 3.84. The first-order valence-electron chi connectivity index (χ1n) is 5.11. The molecule has 0 atom stereocenters. The molecule has 0 spiro atoms. The number of amides is 2. The minimum Gasteiger partial charge on any atom is -0.332 e. The highest BCUT2D eigenvalue weighted by molar-refractivity contribution is 6.35. The van der Waals surface area contributed by atoms with E-state index in [1.807, 2.05) is 13.8 Å². The van der Waals surface area contributed by atoms with Crippen LogP contribution in [0.4, 0.5) is 0 Å². The Balaban J connectivity index is 2.62. The summed E-state index contributed by atoms with van der Waals surface area (Å²) in [5.74, 6) is 1.63. The predicted molar refractivity (Wildman–Crippen MR) is 56.9 cm³/mol. The zero-order chi connectivity index (χ0) is 11.4. The van der Waals surface area contributed by atoms with Gasteiger partial charge in [0.15, 0.2) is 0 Å². The van der Waals surface area contributed by atoms with Crippen molar-refractivity contribution in [2.45, 2.75) is 26.3 Å². The van der Waals surface area contributed by atoms with E-state index in [0.717, 1.165) is 0 Å². The molecule has 0 saturated carbocycles. The Hall–Kier alpha value is -1.50. The zero-order valence-electron chi connectivity index (χ0n) is 9.19. The van der Waals surface area contributed by atoms with Gasteiger partial charge < -0.3 is 9.80 Å². The van der Waals surface area contributed by atoms with Gasteiger partial charge in [0.25, 0.3) is 0 Å². The van der Waals surface area contributed by atoms with Crippen molar-refractivity contribution in [3.8, 4) is 12.3 Å². The van der Waals surface area contributed by atoms with Gasteiger partial charge in [-0.3, -0.25) is 9.59 Å². The van der Waals surface area contributed by atoms with E-state index < -0.39 is 11.8 Å². The molecule has 2 amide bonds. The molecule has 0 aromatic heterocycles. The third-order valence-corrected chi connectivity index (χ3v) is 2.49. The fourth-order valence-corrected chi connectivity index (χ4v) is 1.60. The summed E-state index contributed by atoms with van der Waals surface area (Å²) in [5.41, 5.74) is 0. The Morgan fingerprint density at radius 1 is 1.33 bits per heavy atom. The summed E-state index contributed by atoms with van der Waals surface area (Å²) in [4.78, 5) is 26.4. The molecule has 0 aromatic rings. The summed E-state index contributed by atoms with van der Waals surface area (Å²) in [7, 11) is 0. The zero-order valence-corrected chi connectivity index (χ0v) is 9.19. The summed E-state index contributed by atoms with van der Waals surface area (Å²) in [5, 5.41) is 0. The Labute approximate surface area is 90.2 Å². The molecule has 1 saturated heterocycles. The average molecular weight is 208 g/mol. The molecule has 4 heteroatoms. The Morgan fingerprint density at radius 3 is 2.53 bits per heavy atom. The molecule has 0 N–H and O–H groups in total. The number of carbonyl (C=O) groups excluding carboxylic acids is 2. The van der Waals surface area contributed by atoms with Gasteiger partial charge in [0, 0.05) is 32.1 Å². The van der Waals surface area contributed by atoms with Crippen LogP contribution in [0, 0.1) is 12.3 Å². The molecule has 1 aliphatic rings. The lowest BCUT2D eigenvalue weighted by Gasteiger charge is -2.35. The standard InChI is InChI=1S/C11H16N2O2/c1-4-5-6-12-7-8-13(9(2)3)11(15)10(12)14/h1,9H,5-8H2,2-3H3. The van der Waals surface area contributed by atoms with E-state index in [-0.39, 0.29) is 6.04 Å². The van der Waals surface area contributed by atoms with Crippen molar-refractivity contribution in [1.82, 2.24) is 9.80 Å². The van der Waals surface area contributed by atoms with E-state index >= 15 is 0 Å². The van der Waals surface area contributed by atoms with Crippen LogP contribution in [0.1, 0.15) is 20.3 Å². The number of nitrogens with zero attached hydrogens (tertiary/aromatic N) is 2. The highest BCUT2D eigenvalue weighted by atomic mass is 16.2. The van der Waals surface area contributed by atoms with Gasteiger partial charge in [0.2, 0.25) is 0 Å². The molecule has 0 aliphatic carbocycles. The van der Waals surface area contributed by atoms with Gasteiger partial charge in [-0.1, -0.05) is 0 Å². The molecule has 0 bridgehead atoms. The lowest BCUT2D eigenvalue weighted by Crippen LogP contribution is -2.56. The minimum atomic E-state index is -0.426. The maximum Gasteiger partial charge on any atom is 0.312 e. The van der Waals surface area contributed by atoms with Gasteiger partial charge in [-0.25, -0.2) is 0 Å². The maximum absolute atomic E-state index is 11.6. The summed E-state index contributed by atoms with van der Waals surface area (Å²) in [6, 6.07) is 0.0798. The van der Waals surface area contributed by atoms with Crippen molar-refractivity contribution in [3.63, 3.8) is 0 Å². The topological polar surface area (TPSA) is 40.6 Å². The van der Waals surface area contributed by atoms with E-state index in [0.29, 0.717) is 26.1 Å². The number of hydrogen-bond donors (Lipinski definition) is 0. The average Bonchev–Trinajstić information content (AvgIpc) is 2.20. The highest BCUT2D eigenvalue weighted by Crippen LogP contribution is 2.08. The van der Waals surface area contributed by atoms with Crippen LogP contribution in [0.25, 0.3) is 0 Å². The Kier molecular flexibility index (Phi) is 3.73. The lowest BCUT2D eigenvalue weighted by molar-refractivity contribution is -0.157. The Morgan fingerprint density at radius 2 is 2.00 bits per heavy atom. The third-order valence-electron chi connectivity index (χ3n) is 2.49. The maximum atomic E-state index is 11.6. The first-order valence-corrected chi connectivity index (χ1v) is 5.11. The van der Waals surface area contributed by atoms with Crippen LogP contribution >= 0.6 is 0 Å². The normalized spacial score (nSPS) is 17.2. The van der Waals surface area contributed by atoms with Crippen LogP contribution in [-0.2, 0) is 9.59 Å². The number of terminal acetylenes is 1. The molecule has 0 unspecified atom stereocenters. The molecule has 1 fully saturated rings. The first-order chi connectivity index (χ1) is 7.07. The summed E-state index contributed by atoms with van der Waals surface area (Å²) >= 11 is 0. The van der Waals surface area contributed by atoms with Crippen molar-refractivity contribution in [2.24, 2.45) is 0 Å². The van der Waals surface area contributed by atoms with Crippen LogP contribution in [-0.4, -0.2) is 47.3 Å². The molecule has 0 aromatic carbocycles. The second kappa shape index (κ2) is 4.83. The lowest BCUT2D eigenvalue weighted by atomic mass is 10.2. The van der Waals surface area contributed by atoms with Crippen molar-refractivity contribution in [1.29, 1.82) is 0 Å². The third kappa shape index (κ3) is 2.50. The van der Waals surface area contributed by atoms with E-state index in [1.165, 1.54) is 4.90 Å². The SMILES string of the molecule is C#CCCN1CCN(C(C)C)C(=O)C1=O. The highest BCUT2D eigenvalue weighted by Gasteiger charge is 2.33. The van der Waals surface area contributed by atoms with E-state index in [1.54, 1.807) is 4.90 Å². The van der Waals surface area contributed by atoms with E-state index in [4.69, 9.17) is 6.42 Å². The summed E-state index contributed by atoms with van der Waals surface area (Å²) < 4.78 is 0. The van der Waals surface area contributed by atoms with Gasteiger partial charge in [0.1, 0.15) is 0 Å². The molecular formula is C11H16N2O2. The van der Waals surface area contributed by atoms with E-state index in [9.17, 15) is 9.59 Å². The van der Waals surface area contributed by atoms with E-state index in [2.05, 4.69) is 5.92 Å². The number of carbonyl (C=O) groups is 2. The smallest absolute Gasteiger partial charge is 0.312 e. The van der Waals surface area contributed by atoms with Gasteiger partial charge in [-0.2, -0.15) is 0 Å². The van der Waals surface area contributed by atoms with Gasteiger partial charge in [-0.05, 0) is 13.8 Å². The van der Waals surface area contributed by atoms with Crippen LogP contribution < -0.4 is 0 Å². The molecule has 1 rings (SSSR count). The van der Waals surface area contributed by atoms with Gasteiger partial charge in [0.05, 0.1) is 0 Å². The molecular weight excluding hydrogens is 192 g/mol. The van der Waals surface area contributed by atoms with Crippen LogP contribution in [0.5, 0.6) is 0 Å². The molecule has 1 aliphatic heterocycles. The van der Waals surface area contributed by atoms with Crippen molar-refractivity contribution in [3.05, 3.63) is 0 Å². The Bertz CT molecular complexity index is 304. The monoisotopic (exact) mass is 208 g/mol. The molecule has 15 heavy (non-hydrogen) atoms.